The van der Waals surface area contributed by atoms with Crippen molar-refractivity contribution in [1.82, 2.24) is 19.8 Å². The normalized spacial score (nSPS) is 21.9. The van der Waals surface area contributed by atoms with E-state index in [0.717, 1.165) is 29.6 Å². The van der Waals surface area contributed by atoms with Crippen molar-refractivity contribution in [3.05, 3.63) is 50.8 Å². The molecule has 0 radical (unpaired) electrons. The molecule has 1 unspecified atom stereocenters. The monoisotopic (exact) mass is 562 g/mol. The number of carbonyl (C=O) groups excluding carboxylic acids is 1. The van der Waals surface area contributed by atoms with Crippen molar-refractivity contribution in [1.29, 1.82) is 0 Å². The number of likely N-dealkylation sites (tertiary alicyclic amines) is 1. The summed E-state index contributed by atoms with van der Waals surface area (Å²) in [7, 11) is 0. The molecule has 3 aromatic rings. The van der Waals surface area contributed by atoms with Crippen LogP contribution < -0.4 is 20.3 Å². The van der Waals surface area contributed by atoms with Gasteiger partial charge in [0.1, 0.15) is 6.61 Å². The third kappa shape index (κ3) is 4.30. The van der Waals surface area contributed by atoms with Crippen molar-refractivity contribution in [2.45, 2.75) is 64.0 Å². The van der Waals surface area contributed by atoms with Crippen molar-refractivity contribution in [3.8, 4) is 22.9 Å². The van der Waals surface area contributed by atoms with Gasteiger partial charge in [0, 0.05) is 42.2 Å². The first-order valence-electron chi connectivity index (χ1n) is 14.4. The molecule has 3 N–H and O–H groups in total. The van der Waals surface area contributed by atoms with Gasteiger partial charge in [-0.1, -0.05) is 13.3 Å². The quantitative estimate of drug-likeness (QED) is 0.286. The Bertz CT molecular complexity index is 1610. The summed E-state index contributed by atoms with van der Waals surface area (Å²) in [4.78, 5) is 33.5. The average Bonchev–Trinajstić information content (AvgIpc) is 3.59. The SMILES string of the molecule is CC[C@@]1(O)C(=O)OCc2c1cc1n(c2=O)Cc2c-1nc1cc3c(cc1c2CNCC(O)CN1CCCCC1)OCO3. The van der Waals surface area contributed by atoms with Crippen molar-refractivity contribution in [2.24, 2.45) is 0 Å². The van der Waals surface area contributed by atoms with Gasteiger partial charge in [0.05, 0.1) is 35.1 Å². The zero-order valence-electron chi connectivity index (χ0n) is 23.1. The molecule has 0 saturated carbocycles. The standard InChI is InChI=1S/C30H34N4O7/c1-2-30(38)22-9-24-27-20(14-34(24)28(36)21(22)15-39-29(30)37)19(12-31-11-17(35)13-33-6-4-3-5-7-33)18-8-25-26(41-16-40-25)10-23(18)32-27/h8-10,17,31,35,38H,2-7,11-16H2,1H3/t17?,30-/m0/s1. The molecule has 1 aromatic carbocycles. The van der Waals surface area contributed by atoms with Crippen molar-refractivity contribution in [2.75, 3.05) is 33.0 Å². The fourth-order valence-corrected chi connectivity index (χ4v) is 6.62. The highest BCUT2D eigenvalue weighted by Gasteiger charge is 2.45. The molecule has 4 aliphatic rings. The smallest absolute Gasteiger partial charge is 0.343 e. The molecule has 11 nitrogen and oxygen atoms in total. The van der Waals surface area contributed by atoms with Crippen LogP contribution in [0.1, 0.15) is 54.9 Å². The largest absolute Gasteiger partial charge is 0.458 e. The minimum absolute atomic E-state index is 0.0815. The molecule has 41 heavy (non-hydrogen) atoms. The molecule has 11 heteroatoms. The Morgan fingerprint density at radius 1 is 1.07 bits per heavy atom. The lowest BCUT2D eigenvalue weighted by molar-refractivity contribution is -0.172. The van der Waals surface area contributed by atoms with E-state index in [-0.39, 0.29) is 36.5 Å². The molecule has 0 spiro atoms. The first kappa shape index (κ1) is 26.4. The van der Waals surface area contributed by atoms with Gasteiger partial charge in [0.2, 0.25) is 6.79 Å². The lowest BCUT2D eigenvalue weighted by Crippen LogP contribution is -2.44. The van der Waals surface area contributed by atoms with E-state index in [4.69, 9.17) is 19.2 Å². The Labute approximate surface area is 236 Å². The molecule has 7 rings (SSSR count). The van der Waals surface area contributed by atoms with Crippen LogP contribution in [0.2, 0.25) is 0 Å². The molecule has 216 valence electrons. The zero-order chi connectivity index (χ0) is 28.3. The van der Waals surface area contributed by atoms with Gasteiger partial charge in [0.25, 0.3) is 5.56 Å². The van der Waals surface area contributed by atoms with Crippen LogP contribution in [0, 0.1) is 0 Å². The number of carbonyl (C=O) groups is 1. The maximum absolute atomic E-state index is 13.7. The number of aliphatic hydroxyl groups excluding tert-OH is 1. The number of ether oxygens (including phenoxy) is 3. The Morgan fingerprint density at radius 3 is 2.63 bits per heavy atom. The Hall–Kier alpha value is -3.51. The highest BCUT2D eigenvalue weighted by molar-refractivity contribution is 5.91. The minimum Gasteiger partial charge on any atom is -0.458 e. The van der Waals surface area contributed by atoms with Crippen LogP contribution in [-0.2, 0) is 34.8 Å². The predicted molar refractivity (Wildman–Crippen MR) is 149 cm³/mol. The zero-order valence-corrected chi connectivity index (χ0v) is 23.1. The molecule has 2 atom stereocenters. The maximum Gasteiger partial charge on any atom is 0.343 e. The molecular formula is C30H34N4O7. The number of hydrogen-bond acceptors (Lipinski definition) is 10. The summed E-state index contributed by atoms with van der Waals surface area (Å²) in [5, 5.41) is 26.3. The fourth-order valence-electron chi connectivity index (χ4n) is 6.62. The van der Waals surface area contributed by atoms with Gasteiger partial charge < -0.3 is 39.2 Å². The third-order valence-corrected chi connectivity index (χ3v) is 8.90. The summed E-state index contributed by atoms with van der Waals surface area (Å²) in [6.07, 6.45) is 3.16. The molecule has 1 saturated heterocycles. The van der Waals surface area contributed by atoms with Gasteiger partial charge in [0.15, 0.2) is 17.1 Å². The fraction of sp³-hybridized carbons (Fsp3) is 0.500. The second-order valence-corrected chi connectivity index (χ2v) is 11.4. The maximum atomic E-state index is 13.7. The first-order chi connectivity index (χ1) is 19.9. The number of rotatable bonds is 7. The lowest BCUT2D eigenvalue weighted by atomic mass is 9.86. The van der Waals surface area contributed by atoms with E-state index in [2.05, 4.69) is 10.2 Å². The van der Waals surface area contributed by atoms with Crippen molar-refractivity contribution < 1.29 is 29.2 Å². The molecule has 2 aromatic heterocycles. The van der Waals surface area contributed by atoms with Gasteiger partial charge in [-0.05, 0) is 50.0 Å². The molecule has 6 heterocycles. The number of aromatic nitrogens is 2. The summed E-state index contributed by atoms with van der Waals surface area (Å²) in [5.74, 6) is 0.490. The number of aliphatic hydroxyl groups is 2. The highest BCUT2D eigenvalue weighted by Crippen LogP contribution is 2.43. The predicted octanol–water partition coefficient (Wildman–Crippen LogP) is 1.74. The summed E-state index contributed by atoms with van der Waals surface area (Å²) in [6.45, 7) is 5.48. The summed E-state index contributed by atoms with van der Waals surface area (Å²) in [5.41, 5.74) is 2.07. The van der Waals surface area contributed by atoms with Gasteiger partial charge in [-0.25, -0.2) is 9.78 Å². The highest BCUT2D eigenvalue weighted by atomic mass is 16.7. The number of fused-ring (bicyclic) bond motifs is 6. The van der Waals surface area contributed by atoms with E-state index < -0.39 is 17.7 Å². The van der Waals surface area contributed by atoms with Gasteiger partial charge >= 0.3 is 5.97 Å². The molecule has 0 aliphatic carbocycles. The number of pyridine rings is 2. The second kappa shape index (κ2) is 10.1. The van der Waals surface area contributed by atoms with Crippen molar-refractivity contribution in [3.63, 3.8) is 0 Å². The Balaban J connectivity index is 1.28. The van der Waals surface area contributed by atoms with Gasteiger partial charge in [-0.3, -0.25) is 4.79 Å². The number of β-amino-alcohol motifs (C(OH)–C–C–N with tert-alkyl or cyclic N) is 1. The number of nitrogens with one attached hydrogen (secondary N) is 1. The average molecular weight is 563 g/mol. The summed E-state index contributed by atoms with van der Waals surface area (Å²) < 4.78 is 18.1. The molecule has 0 bridgehead atoms. The van der Waals surface area contributed by atoms with Crippen LogP contribution in [0.5, 0.6) is 11.5 Å². The lowest BCUT2D eigenvalue weighted by Gasteiger charge is -2.31. The Morgan fingerprint density at radius 2 is 1.85 bits per heavy atom. The number of benzene rings is 1. The van der Waals surface area contributed by atoms with E-state index >= 15 is 0 Å². The number of hydrogen-bond donors (Lipinski definition) is 3. The molecule has 4 aliphatic heterocycles. The molecular weight excluding hydrogens is 528 g/mol. The van der Waals surface area contributed by atoms with Crippen LogP contribution in [0.25, 0.3) is 22.3 Å². The van der Waals surface area contributed by atoms with E-state index in [9.17, 15) is 19.8 Å². The molecule has 0 amide bonds. The minimum atomic E-state index is -1.89. The number of cyclic esters (lactones) is 1. The number of nitrogens with zero attached hydrogens (tertiary/aromatic N) is 3. The van der Waals surface area contributed by atoms with Gasteiger partial charge in [-0.2, -0.15) is 0 Å². The van der Waals surface area contributed by atoms with Gasteiger partial charge in [-0.15, -0.1) is 0 Å². The van der Waals surface area contributed by atoms with Crippen LogP contribution in [0.15, 0.2) is 23.0 Å². The second-order valence-electron chi connectivity index (χ2n) is 11.4. The van der Waals surface area contributed by atoms with Crippen molar-refractivity contribution >= 4 is 16.9 Å². The van der Waals surface area contributed by atoms with E-state index in [1.54, 1.807) is 17.6 Å². The van der Waals surface area contributed by atoms with Crippen LogP contribution in [0.4, 0.5) is 0 Å². The van der Waals surface area contributed by atoms with E-state index in [1.165, 1.54) is 19.3 Å². The van der Waals surface area contributed by atoms with Crippen LogP contribution >= 0.6 is 0 Å². The van der Waals surface area contributed by atoms with E-state index in [0.29, 0.717) is 54.6 Å². The topological polar surface area (TPSA) is 135 Å². The number of esters is 1. The first-order valence-corrected chi connectivity index (χ1v) is 14.4. The Kier molecular flexibility index (Phi) is 6.50. The third-order valence-electron chi connectivity index (χ3n) is 8.90. The summed E-state index contributed by atoms with van der Waals surface area (Å²) in [6, 6.07) is 5.48. The van der Waals surface area contributed by atoms with E-state index in [1.807, 2.05) is 12.1 Å². The van der Waals surface area contributed by atoms with Crippen LogP contribution in [-0.4, -0.2) is 69.7 Å². The number of piperidine rings is 1. The molecule has 1 fully saturated rings. The van der Waals surface area contributed by atoms with Crippen LogP contribution in [0.3, 0.4) is 0 Å². The summed E-state index contributed by atoms with van der Waals surface area (Å²) >= 11 is 0.